The zero-order valence-electron chi connectivity index (χ0n) is 10.7. The fourth-order valence-electron chi connectivity index (χ4n) is 1.83. The molecule has 1 heteroatoms. The van der Waals surface area contributed by atoms with Gasteiger partial charge in [-0.15, -0.1) is 5.41 Å². The summed E-state index contributed by atoms with van der Waals surface area (Å²) >= 11 is 0. The smallest absolute Gasteiger partial charge is 0.0325 e. The van der Waals surface area contributed by atoms with Crippen LogP contribution in [0.3, 0.4) is 0 Å². The molecular formula is C14H25O-. The van der Waals surface area contributed by atoms with Gasteiger partial charge in [0.05, 0.1) is 0 Å². The van der Waals surface area contributed by atoms with E-state index in [0.29, 0.717) is 5.92 Å². The molecule has 0 rings (SSSR count). The van der Waals surface area contributed by atoms with Crippen molar-refractivity contribution in [1.82, 2.24) is 0 Å². The molecule has 0 heterocycles. The van der Waals surface area contributed by atoms with E-state index in [0.717, 1.165) is 32.1 Å². The summed E-state index contributed by atoms with van der Waals surface area (Å²) in [6.45, 7) is 8.45. The van der Waals surface area contributed by atoms with E-state index in [1.165, 1.54) is 0 Å². The van der Waals surface area contributed by atoms with Gasteiger partial charge in [0.25, 0.3) is 0 Å². The maximum Gasteiger partial charge on any atom is -0.0325 e. The molecule has 0 radical (unpaired) electrons. The second-order valence-electron chi connectivity index (χ2n) is 4.86. The van der Waals surface area contributed by atoms with E-state index in [2.05, 4.69) is 32.3 Å². The second-order valence-corrected chi connectivity index (χ2v) is 4.86. The molecule has 88 valence electrons. The summed E-state index contributed by atoms with van der Waals surface area (Å²) in [5, 5.41) is 0. The molecule has 0 aromatic rings. The second kappa shape index (κ2) is 7.67. The van der Waals surface area contributed by atoms with Gasteiger partial charge < -0.3 is 4.79 Å². The third-order valence-corrected chi connectivity index (χ3v) is 3.01. The van der Waals surface area contributed by atoms with E-state index >= 15 is 0 Å². The normalized spacial score (nSPS) is 17.6. The van der Waals surface area contributed by atoms with Crippen LogP contribution < -0.4 is 0 Å². The highest BCUT2D eigenvalue weighted by Gasteiger charge is 2.13. The van der Waals surface area contributed by atoms with Crippen LogP contribution in [-0.2, 0) is 4.79 Å². The zero-order chi connectivity index (χ0) is 11.7. The first kappa shape index (κ1) is 14.4. The van der Waals surface area contributed by atoms with Crippen molar-refractivity contribution in [3.8, 4) is 0 Å². The Balaban J connectivity index is 3.93. The summed E-state index contributed by atoms with van der Waals surface area (Å²) in [4.78, 5) is 10.9. The van der Waals surface area contributed by atoms with Crippen LogP contribution in [0.4, 0.5) is 0 Å². The predicted molar refractivity (Wildman–Crippen MR) is 66.5 cm³/mol. The van der Waals surface area contributed by atoms with Gasteiger partial charge in [-0.3, -0.25) is 6.29 Å². The SMILES string of the molecule is C/C=C/CC(C)CCC(C)([C-]=O)CCC. The molecule has 0 aromatic heterocycles. The average molecular weight is 209 g/mol. The zero-order valence-corrected chi connectivity index (χ0v) is 10.7. The van der Waals surface area contributed by atoms with Gasteiger partial charge in [0.15, 0.2) is 0 Å². The molecular weight excluding hydrogens is 184 g/mol. The lowest BCUT2D eigenvalue weighted by Crippen LogP contribution is -2.18. The molecule has 0 aliphatic rings. The summed E-state index contributed by atoms with van der Waals surface area (Å²) in [7, 11) is 0. The standard InChI is InChI=1S/C14H25O/c1-5-7-8-13(3)9-11-14(4,12-15)10-6-2/h5,7,13H,6,8-11H2,1-4H3/q-1/b7-5+. The molecule has 0 aliphatic heterocycles. The molecule has 15 heavy (non-hydrogen) atoms. The Kier molecular flexibility index (Phi) is 7.37. The summed E-state index contributed by atoms with van der Waals surface area (Å²) in [5.41, 5.74) is -0.209. The fraction of sp³-hybridized carbons (Fsp3) is 0.786. The fourth-order valence-corrected chi connectivity index (χ4v) is 1.83. The highest BCUT2D eigenvalue weighted by molar-refractivity contribution is 5.59. The van der Waals surface area contributed by atoms with Crippen molar-refractivity contribution in [3.63, 3.8) is 0 Å². The van der Waals surface area contributed by atoms with Gasteiger partial charge in [0.1, 0.15) is 0 Å². The molecule has 2 atom stereocenters. The number of carbonyl (C=O) groups excluding carboxylic acids is 1. The number of allylic oxidation sites excluding steroid dienone is 2. The Morgan fingerprint density at radius 1 is 1.40 bits per heavy atom. The van der Waals surface area contributed by atoms with E-state index < -0.39 is 0 Å². The largest absolute Gasteiger partial charge is 0.541 e. The minimum Gasteiger partial charge on any atom is -0.541 e. The average Bonchev–Trinajstić information content (AvgIpc) is 2.24. The van der Waals surface area contributed by atoms with Gasteiger partial charge in [0.2, 0.25) is 0 Å². The van der Waals surface area contributed by atoms with Crippen molar-refractivity contribution < 1.29 is 4.79 Å². The van der Waals surface area contributed by atoms with E-state index in [1.54, 1.807) is 0 Å². The molecule has 0 saturated heterocycles. The van der Waals surface area contributed by atoms with Gasteiger partial charge in [-0.1, -0.05) is 58.6 Å². The van der Waals surface area contributed by atoms with Crippen LogP contribution in [0.2, 0.25) is 0 Å². The van der Waals surface area contributed by atoms with Gasteiger partial charge in [-0.2, -0.15) is 0 Å². The lowest BCUT2D eigenvalue weighted by atomic mass is 9.80. The maximum atomic E-state index is 10.9. The van der Waals surface area contributed by atoms with E-state index in [-0.39, 0.29) is 5.41 Å². The van der Waals surface area contributed by atoms with Crippen LogP contribution in [0.25, 0.3) is 0 Å². The predicted octanol–water partition coefficient (Wildman–Crippen LogP) is 4.29. The van der Waals surface area contributed by atoms with Gasteiger partial charge in [-0.05, 0) is 19.3 Å². The monoisotopic (exact) mass is 209 g/mol. The van der Waals surface area contributed by atoms with Crippen LogP contribution >= 0.6 is 0 Å². The molecule has 0 saturated carbocycles. The lowest BCUT2D eigenvalue weighted by molar-refractivity contribution is 0.327. The van der Waals surface area contributed by atoms with E-state index in [4.69, 9.17) is 0 Å². The number of rotatable bonds is 8. The van der Waals surface area contributed by atoms with Crippen molar-refractivity contribution in [2.24, 2.45) is 11.3 Å². The first-order chi connectivity index (χ1) is 7.08. The highest BCUT2D eigenvalue weighted by atomic mass is 16.1. The molecule has 1 nitrogen and oxygen atoms in total. The Labute approximate surface area is 95.0 Å². The van der Waals surface area contributed by atoms with Crippen LogP contribution in [0.15, 0.2) is 12.2 Å². The minimum atomic E-state index is -0.209. The number of hydrogen-bond donors (Lipinski definition) is 0. The summed E-state index contributed by atoms with van der Waals surface area (Å²) in [6, 6.07) is 0. The Bertz CT molecular complexity index is 196. The van der Waals surface area contributed by atoms with Crippen molar-refractivity contribution in [3.05, 3.63) is 12.2 Å². The Morgan fingerprint density at radius 3 is 2.53 bits per heavy atom. The minimum absolute atomic E-state index is 0.209. The van der Waals surface area contributed by atoms with Crippen LogP contribution in [0.5, 0.6) is 0 Å². The van der Waals surface area contributed by atoms with E-state index in [9.17, 15) is 4.79 Å². The van der Waals surface area contributed by atoms with Crippen molar-refractivity contribution >= 4 is 6.29 Å². The molecule has 2 unspecified atom stereocenters. The molecule has 0 bridgehead atoms. The van der Waals surface area contributed by atoms with Crippen molar-refractivity contribution in [2.75, 3.05) is 0 Å². The topological polar surface area (TPSA) is 17.1 Å². The van der Waals surface area contributed by atoms with Crippen molar-refractivity contribution in [1.29, 1.82) is 0 Å². The Hall–Kier alpha value is -0.590. The molecule has 0 aliphatic carbocycles. The summed E-state index contributed by atoms with van der Waals surface area (Å²) in [6.07, 6.45) is 11.8. The van der Waals surface area contributed by atoms with Crippen LogP contribution in [0, 0.1) is 11.3 Å². The quantitative estimate of drug-likeness (QED) is 0.430. The third-order valence-electron chi connectivity index (χ3n) is 3.01. The molecule has 0 spiro atoms. The molecule has 0 N–H and O–H groups in total. The van der Waals surface area contributed by atoms with E-state index in [1.807, 2.05) is 13.8 Å². The van der Waals surface area contributed by atoms with Gasteiger partial charge in [-0.25, -0.2) is 0 Å². The Morgan fingerprint density at radius 2 is 2.07 bits per heavy atom. The lowest BCUT2D eigenvalue weighted by Gasteiger charge is -2.33. The first-order valence-electron chi connectivity index (χ1n) is 6.08. The molecule has 0 amide bonds. The van der Waals surface area contributed by atoms with Crippen molar-refractivity contribution in [2.45, 2.75) is 59.8 Å². The first-order valence-corrected chi connectivity index (χ1v) is 6.08. The number of hydrogen-bond acceptors (Lipinski definition) is 1. The van der Waals surface area contributed by atoms with Gasteiger partial charge in [0, 0.05) is 0 Å². The molecule has 0 fully saturated rings. The maximum absolute atomic E-state index is 10.9. The summed E-state index contributed by atoms with van der Waals surface area (Å²) < 4.78 is 0. The molecule has 0 aromatic carbocycles. The highest BCUT2D eigenvalue weighted by Crippen LogP contribution is 2.29. The van der Waals surface area contributed by atoms with Crippen LogP contribution in [-0.4, -0.2) is 6.29 Å². The van der Waals surface area contributed by atoms with Crippen LogP contribution in [0.1, 0.15) is 59.8 Å². The third kappa shape index (κ3) is 6.48. The summed E-state index contributed by atoms with van der Waals surface area (Å²) in [5.74, 6) is 0.672. The van der Waals surface area contributed by atoms with Gasteiger partial charge >= 0.3 is 0 Å².